The predicted octanol–water partition coefficient (Wildman–Crippen LogP) is 0.283. The van der Waals surface area contributed by atoms with E-state index in [9.17, 15) is 18.4 Å². The van der Waals surface area contributed by atoms with Gasteiger partial charge in [-0.1, -0.05) is 0 Å². The predicted molar refractivity (Wildman–Crippen MR) is 87.8 cm³/mol. The highest BCUT2D eigenvalue weighted by atomic mass is 19.3. The van der Waals surface area contributed by atoms with Crippen LogP contribution in [0, 0.1) is 0 Å². The van der Waals surface area contributed by atoms with E-state index in [1.165, 1.54) is 11.0 Å². The maximum atomic E-state index is 12.7. The molecule has 2 aliphatic rings. The molecule has 0 N–H and O–H groups in total. The average Bonchev–Trinajstić information content (AvgIpc) is 3.12. The standard InChI is InChI=1S/C16H23F2N5O3/c1-20-4-6-21(7-5-20)14(24)10-12-11-26-9-8-22(12)15(25)13-2-3-23(19-13)16(17)18/h2-3,12,16H,4-11H2,1H3/t12-/m1/s1. The minimum absolute atomic E-state index is 0.0236. The fourth-order valence-corrected chi connectivity index (χ4v) is 3.19. The van der Waals surface area contributed by atoms with Crippen LogP contribution in [-0.2, 0) is 9.53 Å². The molecule has 0 aromatic carbocycles. The molecular formula is C16H23F2N5O3. The Balaban J connectivity index is 1.65. The van der Waals surface area contributed by atoms with Crippen molar-refractivity contribution in [2.45, 2.75) is 19.0 Å². The summed E-state index contributed by atoms with van der Waals surface area (Å²) in [7, 11) is 2.01. The van der Waals surface area contributed by atoms with E-state index in [2.05, 4.69) is 10.00 Å². The smallest absolute Gasteiger partial charge is 0.333 e. The minimum Gasteiger partial charge on any atom is -0.377 e. The number of carbonyl (C=O) groups excluding carboxylic acids is 2. The van der Waals surface area contributed by atoms with Crippen LogP contribution in [0.3, 0.4) is 0 Å². The molecule has 10 heteroatoms. The minimum atomic E-state index is -2.80. The van der Waals surface area contributed by atoms with Crippen molar-refractivity contribution in [1.29, 1.82) is 0 Å². The number of alkyl halides is 2. The fraction of sp³-hybridized carbons (Fsp3) is 0.688. The highest BCUT2D eigenvalue weighted by Crippen LogP contribution is 2.17. The monoisotopic (exact) mass is 371 g/mol. The second kappa shape index (κ2) is 8.09. The van der Waals surface area contributed by atoms with Gasteiger partial charge in [0.15, 0.2) is 5.69 Å². The van der Waals surface area contributed by atoms with Crippen molar-refractivity contribution in [3.05, 3.63) is 18.0 Å². The van der Waals surface area contributed by atoms with E-state index >= 15 is 0 Å². The molecular weight excluding hydrogens is 348 g/mol. The van der Waals surface area contributed by atoms with Gasteiger partial charge in [0.2, 0.25) is 5.91 Å². The number of nitrogens with zero attached hydrogens (tertiary/aromatic N) is 5. The molecule has 0 aliphatic carbocycles. The lowest BCUT2D eigenvalue weighted by Gasteiger charge is -2.37. The zero-order valence-electron chi connectivity index (χ0n) is 14.7. The molecule has 0 radical (unpaired) electrons. The first kappa shape index (κ1) is 18.7. The molecule has 8 nitrogen and oxygen atoms in total. The van der Waals surface area contributed by atoms with Crippen LogP contribution in [0.25, 0.3) is 0 Å². The first-order chi connectivity index (χ1) is 12.5. The van der Waals surface area contributed by atoms with Crippen LogP contribution in [-0.4, -0.2) is 95.3 Å². The third-order valence-corrected chi connectivity index (χ3v) is 4.78. The molecule has 0 saturated carbocycles. The van der Waals surface area contributed by atoms with Gasteiger partial charge in [-0.3, -0.25) is 9.59 Å². The van der Waals surface area contributed by atoms with Crippen LogP contribution in [0.1, 0.15) is 23.5 Å². The summed E-state index contributed by atoms with van der Waals surface area (Å²) in [4.78, 5) is 30.7. The van der Waals surface area contributed by atoms with Gasteiger partial charge in [-0.15, -0.1) is 0 Å². The maximum absolute atomic E-state index is 12.7. The Hall–Kier alpha value is -2.07. The van der Waals surface area contributed by atoms with E-state index in [4.69, 9.17) is 4.74 Å². The van der Waals surface area contributed by atoms with E-state index in [1.54, 1.807) is 4.90 Å². The summed E-state index contributed by atoms with van der Waals surface area (Å²) in [6.45, 7) is 1.07. The number of halogens is 2. The van der Waals surface area contributed by atoms with Crippen molar-refractivity contribution in [1.82, 2.24) is 24.5 Å². The van der Waals surface area contributed by atoms with Gasteiger partial charge >= 0.3 is 6.55 Å². The van der Waals surface area contributed by atoms with Gasteiger partial charge in [-0.25, -0.2) is 4.68 Å². The van der Waals surface area contributed by atoms with Crippen molar-refractivity contribution in [3.63, 3.8) is 0 Å². The summed E-state index contributed by atoms with van der Waals surface area (Å²) in [6.07, 6.45) is 1.23. The molecule has 3 rings (SSSR count). The van der Waals surface area contributed by atoms with Gasteiger partial charge < -0.3 is 19.4 Å². The number of hydrogen-bond donors (Lipinski definition) is 0. The molecule has 2 saturated heterocycles. The second-order valence-electron chi connectivity index (χ2n) is 6.57. The lowest BCUT2D eigenvalue weighted by molar-refractivity contribution is -0.135. The maximum Gasteiger partial charge on any atom is 0.333 e. The van der Waals surface area contributed by atoms with E-state index in [-0.39, 0.29) is 24.6 Å². The lowest BCUT2D eigenvalue weighted by atomic mass is 10.1. The van der Waals surface area contributed by atoms with Crippen molar-refractivity contribution >= 4 is 11.8 Å². The van der Waals surface area contributed by atoms with E-state index < -0.39 is 18.5 Å². The van der Waals surface area contributed by atoms with Crippen LogP contribution in [0.4, 0.5) is 8.78 Å². The molecule has 0 unspecified atom stereocenters. The van der Waals surface area contributed by atoms with E-state index in [0.29, 0.717) is 30.9 Å². The topological polar surface area (TPSA) is 70.9 Å². The zero-order valence-corrected chi connectivity index (χ0v) is 14.7. The number of aromatic nitrogens is 2. The number of rotatable bonds is 4. The van der Waals surface area contributed by atoms with Crippen LogP contribution in [0.2, 0.25) is 0 Å². The number of ether oxygens (including phenoxy) is 1. The lowest BCUT2D eigenvalue weighted by Crippen LogP contribution is -2.53. The van der Waals surface area contributed by atoms with Crippen molar-refractivity contribution in [2.24, 2.45) is 0 Å². The molecule has 3 heterocycles. The molecule has 1 aromatic heterocycles. The van der Waals surface area contributed by atoms with Gasteiger partial charge in [0.1, 0.15) is 0 Å². The highest BCUT2D eigenvalue weighted by Gasteiger charge is 2.32. The molecule has 26 heavy (non-hydrogen) atoms. The van der Waals surface area contributed by atoms with Crippen molar-refractivity contribution < 1.29 is 23.1 Å². The van der Waals surface area contributed by atoms with E-state index in [1.807, 2.05) is 7.05 Å². The van der Waals surface area contributed by atoms with Crippen LogP contribution < -0.4 is 0 Å². The summed E-state index contributed by atoms with van der Waals surface area (Å²) in [5, 5.41) is 3.63. The molecule has 144 valence electrons. The van der Waals surface area contributed by atoms with Gasteiger partial charge in [-0.05, 0) is 13.1 Å². The Bertz CT molecular complexity index is 646. The molecule has 0 spiro atoms. The average molecular weight is 371 g/mol. The Morgan fingerprint density at radius 3 is 2.65 bits per heavy atom. The Morgan fingerprint density at radius 2 is 2.00 bits per heavy atom. The quantitative estimate of drug-likeness (QED) is 0.761. The molecule has 0 bridgehead atoms. The Labute approximate surface area is 150 Å². The molecule has 1 aromatic rings. The highest BCUT2D eigenvalue weighted by molar-refractivity contribution is 5.93. The number of morpholine rings is 1. The Kier molecular flexibility index (Phi) is 5.82. The third kappa shape index (κ3) is 4.18. The summed E-state index contributed by atoms with van der Waals surface area (Å²) in [5.74, 6) is -0.478. The van der Waals surface area contributed by atoms with Crippen molar-refractivity contribution in [2.75, 3.05) is 53.0 Å². The molecule has 1 atom stereocenters. The second-order valence-corrected chi connectivity index (χ2v) is 6.57. The normalized spacial score (nSPS) is 22.1. The first-order valence-corrected chi connectivity index (χ1v) is 8.64. The molecule has 2 fully saturated rings. The summed E-state index contributed by atoms with van der Waals surface area (Å²) in [6, 6.07) is 0.851. The number of amides is 2. The van der Waals surface area contributed by atoms with Gasteiger partial charge in [0.05, 0.1) is 19.3 Å². The van der Waals surface area contributed by atoms with Gasteiger partial charge in [-0.2, -0.15) is 13.9 Å². The third-order valence-electron chi connectivity index (χ3n) is 4.78. The van der Waals surface area contributed by atoms with Gasteiger partial charge in [0.25, 0.3) is 5.91 Å². The number of hydrogen-bond acceptors (Lipinski definition) is 5. The van der Waals surface area contributed by atoms with Crippen LogP contribution in [0.15, 0.2) is 12.3 Å². The van der Waals surface area contributed by atoms with Crippen LogP contribution in [0.5, 0.6) is 0 Å². The largest absolute Gasteiger partial charge is 0.377 e. The van der Waals surface area contributed by atoms with Crippen molar-refractivity contribution in [3.8, 4) is 0 Å². The summed E-state index contributed by atoms with van der Waals surface area (Å²) in [5.41, 5.74) is -0.0516. The van der Waals surface area contributed by atoms with E-state index in [0.717, 1.165) is 19.3 Å². The number of carbonyl (C=O) groups is 2. The summed E-state index contributed by atoms with van der Waals surface area (Å²) < 4.78 is 31.2. The van der Waals surface area contributed by atoms with Crippen LogP contribution >= 0.6 is 0 Å². The van der Waals surface area contributed by atoms with Gasteiger partial charge in [0, 0.05) is 45.3 Å². The molecule has 2 aliphatic heterocycles. The fourth-order valence-electron chi connectivity index (χ4n) is 3.19. The number of piperazine rings is 1. The zero-order chi connectivity index (χ0) is 18.7. The SMILES string of the molecule is CN1CCN(C(=O)C[C@@H]2COCCN2C(=O)c2ccn(C(F)F)n2)CC1. The summed E-state index contributed by atoms with van der Waals surface area (Å²) >= 11 is 0. The number of likely N-dealkylation sites (N-methyl/N-ethyl adjacent to an activating group) is 1. The molecule has 2 amide bonds. The Morgan fingerprint density at radius 1 is 1.27 bits per heavy atom. The first-order valence-electron chi connectivity index (χ1n) is 8.64.